The summed E-state index contributed by atoms with van der Waals surface area (Å²) in [5.74, 6) is 1.12. The SMILES string of the molecule is C1=CN2CCCC=C2N=C1. The Morgan fingerprint density at radius 3 is 3.40 bits per heavy atom. The average molecular weight is 134 g/mol. The Balaban J connectivity index is 2.27. The van der Waals surface area contributed by atoms with Gasteiger partial charge in [-0.3, -0.25) is 0 Å². The molecule has 2 nitrogen and oxygen atoms in total. The Morgan fingerprint density at radius 2 is 2.50 bits per heavy atom. The molecule has 0 saturated carbocycles. The lowest BCUT2D eigenvalue weighted by Crippen LogP contribution is -2.21. The molecule has 0 aromatic heterocycles. The summed E-state index contributed by atoms with van der Waals surface area (Å²) in [5.41, 5.74) is 0. The van der Waals surface area contributed by atoms with Gasteiger partial charge in [0.15, 0.2) is 0 Å². The number of hydrogen-bond donors (Lipinski definition) is 0. The van der Waals surface area contributed by atoms with Crippen LogP contribution < -0.4 is 0 Å². The van der Waals surface area contributed by atoms with Gasteiger partial charge in [-0.2, -0.15) is 0 Å². The highest BCUT2D eigenvalue weighted by molar-refractivity contribution is 5.73. The lowest BCUT2D eigenvalue weighted by molar-refractivity contribution is 0.423. The van der Waals surface area contributed by atoms with Gasteiger partial charge in [-0.1, -0.05) is 0 Å². The number of nitrogens with zero attached hydrogens (tertiary/aromatic N) is 2. The first-order chi connectivity index (χ1) is 4.97. The van der Waals surface area contributed by atoms with Crippen LogP contribution in [0, 0.1) is 0 Å². The molecule has 2 heteroatoms. The molecule has 2 heterocycles. The molecule has 2 aliphatic heterocycles. The first-order valence-electron chi connectivity index (χ1n) is 3.64. The second-order valence-electron chi connectivity index (χ2n) is 2.52. The Kier molecular flexibility index (Phi) is 1.31. The molecule has 0 N–H and O–H groups in total. The average Bonchev–Trinajstić information content (AvgIpc) is 2.05. The van der Waals surface area contributed by atoms with Gasteiger partial charge in [-0.05, 0) is 25.0 Å². The van der Waals surface area contributed by atoms with Crippen molar-refractivity contribution in [2.45, 2.75) is 12.8 Å². The Hall–Kier alpha value is -1.05. The van der Waals surface area contributed by atoms with Crippen molar-refractivity contribution in [3.63, 3.8) is 0 Å². The molecule has 0 bridgehead atoms. The largest absolute Gasteiger partial charge is 0.333 e. The van der Waals surface area contributed by atoms with Crippen LogP contribution in [0.15, 0.2) is 29.2 Å². The summed E-state index contributed by atoms with van der Waals surface area (Å²) in [6.07, 6.45) is 10.5. The Bertz CT molecular complexity index is 213. The van der Waals surface area contributed by atoms with E-state index in [0.29, 0.717) is 0 Å². The van der Waals surface area contributed by atoms with Crippen LogP contribution >= 0.6 is 0 Å². The molecule has 52 valence electrons. The molecule has 0 spiro atoms. The van der Waals surface area contributed by atoms with Crippen LogP contribution in [-0.2, 0) is 0 Å². The van der Waals surface area contributed by atoms with Crippen LogP contribution in [-0.4, -0.2) is 17.7 Å². The van der Waals surface area contributed by atoms with Gasteiger partial charge in [0.1, 0.15) is 5.82 Å². The second-order valence-corrected chi connectivity index (χ2v) is 2.52. The van der Waals surface area contributed by atoms with Gasteiger partial charge < -0.3 is 4.90 Å². The van der Waals surface area contributed by atoms with Gasteiger partial charge in [-0.15, -0.1) is 0 Å². The fourth-order valence-corrected chi connectivity index (χ4v) is 1.26. The second kappa shape index (κ2) is 2.29. The lowest BCUT2D eigenvalue weighted by atomic mass is 10.2. The quantitative estimate of drug-likeness (QED) is 0.490. The van der Waals surface area contributed by atoms with E-state index in [0.717, 1.165) is 12.4 Å². The minimum absolute atomic E-state index is 1.12. The van der Waals surface area contributed by atoms with Gasteiger partial charge in [-0.25, -0.2) is 4.99 Å². The highest BCUT2D eigenvalue weighted by atomic mass is 15.2. The summed E-state index contributed by atoms with van der Waals surface area (Å²) >= 11 is 0. The van der Waals surface area contributed by atoms with E-state index in [1.165, 1.54) is 12.8 Å². The van der Waals surface area contributed by atoms with Crippen molar-refractivity contribution in [3.8, 4) is 0 Å². The molecular weight excluding hydrogens is 124 g/mol. The maximum atomic E-state index is 4.23. The summed E-state index contributed by atoms with van der Waals surface area (Å²) in [6.45, 7) is 1.12. The normalized spacial score (nSPS) is 22.4. The first kappa shape index (κ1) is 5.71. The third-order valence-electron chi connectivity index (χ3n) is 1.78. The molecule has 0 aromatic carbocycles. The molecule has 0 fully saturated rings. The Morgan fingerprint density at radius 1 is 1.50 bits per heavy atom. The van der Waals surface area contributed by atoms with E-state index in [1.54, 1.807) is 0 Å². The highest BCUT2D eigenvalue weighted by Gasteiger charge is 2.10. The molecule has 2 rings (SSSR count). The van der Waals surface area contributed by atoms with E-state index in [4.69, 9.17) is 0 Å². The molecule has 0 saturated heterocycles. The first-order valence-corrected chi connectivity index (χ1v) is 3.64. The molecule has 0 aromatic rings. The van der Waals surface area contributed by atoms with E-state index < -0.39 is 0 Å². The molecule has 0 atom stereocenters. The van der Waals surface area contributed by atoms with Crippen molar-refractivity contribution < 1.29 is 0 Å². The molecular formula is C8H10N2. The number of allylic oxidation sites excluding steroid dienone is 2. The minimum Gasteiger partial charge on any atom is -0.333 e. The predicted octanol–water partition coefficient (Wildman–Crippen LogP) is 1.52. The Labute approximate surface area is 60.6 Å². The zero-order valence-electron chi connectivity index (χ0n) is 5.83. The van der Waals surface area contributed by atoms with Crippen LogP contribution in [0.3, 0.4) is 0 Å². The topological polar surface area (TPSA) is 15.6 Å². The maximum Gasteiger partial charge on any atom is 0.128 e. The monoisotopic (exact) mass is 134 g/mol. The molecule has 0 unspecified atom stereocenters. The van der Waals surface area contributed by atoms with Gasteiger partial charge in [0.25, 0.3) is 0 Å². The van der Waals surface area contributed by atoms with E-state index in [2.05, 4.69) is 22.2 Å². The zero-order chi connectivity index (χ0) is 6.81. The van der Waals surface area contributed by atoms with Crippen LogP contribution in [0.25, 0.3) is 0 Å². The summed E-state index contributed by atoms with van der Waals surface area (Å²) < 4.78 is 0. The number of hydrogen-bond acceptors (Lipinski definition) is 2. The fourth-order valence-electron chi connectivity index (χ4n) is 1.26. The number of fused-ring (bicyclic) bond motifs is 1. The van der Waals surface area contributed by atoms with E-state index in [1.807, 2.05) is 12.3 Å². The third kappa shape index (κ3) is 0.856. The van der Waals surface area contributed by atoms with Crippen LogP contribution in [0.1, 0.15) is 12.8 Å². The van der Waals surface area contributed by atoms with Gasteiger partial charge in [0.2, 0.25) is 0 Å². The highest BCUT2D eigenvalue weighted by Crippen LogP contribution is 2.17. The van der Waals surface area contributed by atoms with Crippen molar-refractivity contribution >= 4 is 6.21 Å². The number of aliphatic imine (C=N–C) groups is 1. The standard InChI is InChI=1S/C8H10N2/c1-2-6-10-7-3-5-9-8(10)4-1/h3-5,7H,1-2,6H2. The summed E-state index contributed by atoms with van der Waals surface area (Å²) in [7, 11) is 0. The zero-order valence-corrected chi connectivity index (χ0v) is 5.83. The van der Waals surface area contributed by atoms with Crippen molar-refractivity contribution in [1.82, 2.24) is 4.90 Å². The molecule has 0 aliphatic carbocycles. The molecule has 0 amide bonds. The molecule has 10 heavy (non-hydrogen) atoms. The van der Waals surface area contributed by atoms with Gasteiger partial charge in [0.05, 0.1) is 0 Å². The van der Waals surface area contributed by atoms with E-state index in [9.17, 15) is 0 Å². The summed E-state index contributed by atoms with van der Waals surface area (Å²) in [5, 5.41) is 0. The summed E-state index contributed by atoms with van der Waals surface area (Å²) in [4.78, 5) is 6.41. The summed E-state index contributed by atoms with van der Waals surface area (Å²) in [6, 6.07) is 0. The van der Waals surface area contributed by atoms with Crippen molar-refractivity contribution in [1.29, 1.82) is 0 Å². The molecule has 2 aliphatic rings. The predicted molar refractivity (Wildman–Crippen MR) is 41.7 cm³/mol. The minimum atomic E-state index is 1.12. The smallest absolute Gasteiger partial charge is 0.128 e. The van der Waals surface area contributed by atoms with Crippen LogP contribution in [0.2, 0.25) is 0 Å². The van der Waals surface area contributed by atoms with E-state index in [-0.39, 0.29) is 0 Å². The van der Waals surface area contributed by atoms with Crippen molar-refractivity contribution in [2.24, 2.45) is 4.99 Å². The number of rotatable bonds is 0. The van der Waals surface area contributed by atoms with Crippen LogP contribution in [0.4, 0.5) is 0 Å². The van der Waals surface area contributed by atoms with Gasteiger partial charge in [0, 0.05) is 19.0 Å². The third-order valence-corrected chi connectivity index (χ3v) is 1.78. The van der Waals surface area contributed by atoms with E-state index >= 15 is 0 Å². The lowest BCUT2D eigenvalue weighted by Gasteiger charge is -2.25. The van der Waals surface area contributed by atoms with Crippen molar-refractivity contribution in [2.75, 3.05) is 6.54 Å². The van der Waals surface area contributed by atoms with Crippen LogP contribution in [0.5, 0.6) is 0 Å². The van der Waals surface area contributed by atoms with Crippen molar-refractivity contribution in [3.05, 3.63) is 24.2 Å². The fraction of sp³-hybridized carbons (Fsp3) is 0.375. The van der Waals surface area contributed by atoms with Gasteiger partial charge >= 0.3 is 0 Å². The molecule has 0 radical (unpaired) electrons. The maximum absolute atomic E-state index is 4.23.